The molecule has 0 aliphatic rings. The Morgan fingerprint density at radius 1 is 0.722 bits per heavy atom. The minimum Gasteiger partial charge on any atom is -0.249 e. The summed E-state index contributed by atoms with van der Waals surface area (Å²) in [5.74, 6) is 0. The summed E-state index contributed by atoms with van der Waals surface area (Å²) in [7, 11) is -2.79. The SMILES string of the molecule is CS[C@@H](c1ccccc1S(=O)c1ccc(C)cc1)[C@H](NS(=O)c1ccc(C)cc1)c1ccccc1Br. The number of hydrogen-bond donors (Lipinski definition) is 1. The summed E-state index contributed by atoms with van der Waals surface area (Å²) in [6, 6.07) is 31.1. The van der Waals surface area contributed by atoms with Gasteiger partial charge >= 0.3 is 0 Å². The maximum atomic E-state index is 13.7. The van der Waals surface area contributed by atoms with Crippen LogP contribution < -0.4 is 4.72 Å². The monoisotopic (exact) mass is 597 g/mol. The predicted octanol–water partition coefficient (Wildman–Crippen LogP) is 7.69. The minimum atomic E-state index is -1.44. The molecule has 36 heavy (non-hydrogen) atoms. The van der Waals surface area contributed by atoms with Gasteiger partial charge in [0.05, 0.1) is 27.0 Å². The van der Waals surface area contributed by atoms with E-state index in [-0.39, 0.29) is 11.3 Å². The van der Waals surface area contributed by atoms with Crippen LogP contribution in [-0.2, 0) is 21.8 Å². The number of hydrogen-bond acceptors (Lipinski definition) is 3. The van der Waals surface area contributed by atoms with E-state index >= 15 is 0 Å². The van der Waals surface area contributed by atoms with E-state index in [1.807, 2.05) is 117 Å². The average molecular weight is 599 g/mol. The van der Waals surface area contributed by atoms with Gasteiger partial charge in [0, 0.05) is 14.3 Å². The molecule has 7 heteroatoms. The zero-order chi connectivity index (χ0) is 25.7. The molecule has 0 saturated heterocycles. The van der Waals surface area contributed by atoms with Crippen molar-refractivity contribution in [3.8, 4) is 0 Å². The number of rotatable bonds is 9. The Morgan fingerprint density at radius 3 is 1.83 bits per heavy atom. The Hall–Kier alpha value is -2.03. The van der Waals surface area contributed by atoms with E-state index < -0.39 is 21.8 Å². The highest BCUT2D eigenvalue weighted by Crippen LogP contribution is 2.44. The van der Waals surface area contributed by atoms with E-state index in [1.54, 1.807) is 11.8 Å². The normalized spacial score (nSPS) is 14.7. The summed E-state index contributed by atoms with van der Waals surface area (Å²) < 4.78 is 31.5. The van der Waals surface area contributed by atoms with E-state index in [1.165, 1.54) is 0 Å². The van der Waals surface area contributed by atoms with E-state index in [9.17, 15) is 8.42 Å². The lowest BCUT2D eigenvalue weighted by Crippen LogP contribution is -2.28. The van der Waals surface area contributed by atoms with Crippen molar-refractivity contribution in [3.05, 3.63) is 124 Å². The van der Waals surface area contributed by atoms with Crippen molar-refractivity contribution in [1.29, 1.82) is 0 Å². The molecule has 0 aliphatic heterocycles. The highest BCUT2D eigenvalue weighted by Gasteiger charge is 2.30. The first-order valence-electron chi connectivity index (χ1n) is 11.5. The summed E-state index contributed by atoms with van der Waals surface area (Å²) in [5, 5.41) is -0.149. The Morgan fingerprint density at radius 2 is 1.25 bits per heavy atom. The fourth-order valence-corrected chi connectivity index (χ4v) is 7.88. The summed E-state index contributed by atoms with van der Waals surface area (Å²) in [6.45, 7) is 4.03. The summed E-state index contributed by atoms with van der Waals surface area (Å²) in [4.78, 5) is 2.25. The number of benzene rings is 4. The second-order valence-electron chi connectivity index (χ2n) is 8.47. The number of aryl methyl sites for hydroxylation is 2. The Balaban J connectivity index is 1.78. The zero-order valence-corrected chi connectivity index (χ0v) is 24.3. The molecule has 0 heterocycles. The predicted molar refractivity (Wildman–Crippen MR) is 156 cm³/mol. The summed E-state index contributed by atoms with van der Waals surface area (Å²) >= 11 is 5.36. The van der Waals surface area contributed by atoms with E-state index in [2.05, 4.69) is 20.7 Å². The van der Waals surface area contributed by atoms with Crippen LogP contribution in [0.2, 0.25) is 0 Å². The molecule has 4 aromatic rings. The van der Waals surface area contributed by atoms with Crippen LogP contribution in [0.15, 0.2) is 116 Å². The van der Waals surface area contributed by atoms with Gasteiger partial charge in [-0.1, -0.05) is 87.7 Å². The molecule has 4 atom stereocenters. The van der Waals surface area contributed by atoms with Gasteiger partial charge in [-0.25, -0.2) is 13.1 Å². The van der Waals surface area contributed by atoms with Crippen molar-refractivity contribution in [2.24, 2.45) is 0 Å². The van der Waals surface area contributed by atoms with Crippen LogP contribution in [0.25, 0.3) is 0 Å². The fraction of sp³-hybridized carbons (Fsp3) is 0.172. The first-order valence-corrected chi connectivity index (χ1v) is 15.9. The molecule has 4 aromatic carbocycles. The topological polar surface area (TPSA) is 46.2 Å². The third-order valence-corrected chi connectivity index (χ3v) is 10.3. The summed E-state index contributed by atoms with van der Waals surface area (Å²) in [5.41, 5.74) is 4.20. The molecule has 0 bridgehead atoms. The lowest BCUT2D eigenvalue weighted by atomic mass is 9.99. The number of nitrogens with one attached hydrogen (secondary N) is 1. The van der Waals surface area contributed by atoms with Gasteiger partial charge in [0.2, 0.25) is 0 Å². The van der Waals surface area contributed by atoms with Gasteiger partial charge in [0.1, 0.15) is 11.0 Å². The first kappa shape index (κ1) is 27.0. The van der Waals surface area contributed by atoms with Crippen LogP contribution in [0.3, 0.4) is 0 Å². The first-order chi connectivity index (χ1) is 17.4. The largest absolute Gasteiger partial charge is 0.249 e. The van der Waals surface area contributed by atoms with Gasteiger partial charge < -0.3 is 0 Å². The van der Waals surface area contributed by atoms with E-state index in [0.29, 0.717) is 4.90 Å². The van der Waals surface area contributed by atoms with Crippen molar-refractivity contribution in [2.45, 2.75) is 39.8 Å². The molecule has 186 valence electrons. The highest BCUT2D eigenvalue weighted by molar-refractivity contribution is 9.10. The summed E-state index contributed by atoms with van der Waals surface area (Å²) in [6.07, 6.45) is 2.04. The van der Waals surface area contributed by atoms with Gasteiger partial charge in [-0.05, 0) is 67.6 Å². The highest BCUT2D eigenvalue weighted by atomic mass is 79.9. The van der Waals surface area contributed by atoms with Crippen LogP contribution in [0.1, 0.15) is 33.5 Å². The average Bonchev–Trinajstić information content (AvgIpc) is 2.89. The molecule has 0 fully saturated rings. The van der Waals surface area contributed by atoms with E-state index in [0.717, 1.165) is 36.5 Å². The van der Waals surface area contributed by atoms with Crippen molar-refractivity contribution < 1.29 is 8.42 Å². The maximum Gasteiger partial charge on any atom is 0.125 e. The maximum absolute atomic E-state index is 13.7. The zero-order valence-electron chi connectivity index (χ0n) is 20.3. The Kier molecular flexibility index (Phi) is 9.36. The molecule has 0 saturated carbocycles. The minimum absolute atomic E-state index is 0.149. The molecule has 3 nitrogen and oxygen atoms in total. The van der Waals surface area contributed by atoms with Gasteiger partial charge in [-0.3, -0.25) is 0 Å². The van der Waals surface area contributed by atoms with Crippen molar-refractivity contribution in [2.75, 3.05) is 6.26 Å². The van der Waals surface area contributed by atoms with Crippen LogP contribution in [0, 0.1) is 13.8 Å². The number of thioether (sulfide) groups is 1. The lowest BCUT2D eigenvalue weighted by molar-refractivity contribution is 0.611. The molecule has 4 rings (SSSR count). The molecule has 0 spiro atoms. The quantitative estimate of drug-likeness (QED) is 0.215. The third-order valence-electron chi connectivity index (χ3n) is 5.93. The van der Waals surface area contributed by atoms with Crippen LogP contribution in [-0.4, -0.2) is 14.7 Å². The molecule has 0 aliphatic carbocycles. The third kappa shape index (κ3) is 6.26. The van der Waals surface area contributed by atoms with E-state index in [4.69, 9.17) is 0 Å². The molecule has 0 radical (unpaired) electrons. The van der Waals surface area contributed by atoms with Crippen molar-refractivity contribution in [3.63, 3.8) is 0 Å². The molecular weight excluding hydrogens is 570 g/mol. The van der Waals surface area contributed by atoms with Crippen LogP contribution in [0.5, 0.6) is 0 Å². The van der Waals surface area contributed by atoms with Gasteiger partial charge in [-0.15, -0.1) is 0 Å². The van der Waals surface area contributed by atoms with Gasteiger partial charge in [0.15, 0.2) is 0 Å². The van der Waals surface area contributed by atoms with Crippen LogP contribution >= 0.6 is 27.7 Å². The molecule has 1 N–H and O–H groups in total. The fourth-order valence-electron chi connectivity index (χ4n) is 3.98. The molecule has 0 amide bonds. The second kappa shape index (κ2) is 12.5. The standard InChI is InChI=1S/C29H28BrNO2S3/c1-20-12-16-22(17-13-20)35(32)27-11-7-5-9-25(27)29(34-3)28(24-8-4-6-10-26(24)30)31-36(33)23-18-14-21(2)15-19-23/h4-19,28-29,31H,1-3H3/t28-,29+,35?,36?/m1/s1. The smallest absolute Gasteiger partial charge is 0.125 e. The Bertz CT molecular complexity index is 1370. The molecular formula is C29H28BrNO2S3. The van der Waals surface area contributed by atoms with Crippen molar-refractivity contribution in [1.82, 2.24) is 4.72 Å². The molecule has 0 aromatic heterocycles. The van der Waals surface area contributed by atoms with Gasteiger partial charge in [0.25, 0.3) is 0 Å². The molecule has 2 unspecified atom stereocenters. The van der Waals surface area contributed by atoms with Crippen LogP contribution in [0.4, 0.5) is 0 Å². The Labute approximate surface area is 231 Å². The van der Waals surface area contributed by atoms with Gasteiger partial charge in [-0.2, -0.15) is 11.8 Å². The van der Waals surface area contributed by atoms with Crippen molar-refractivity contribution >= 4 is 49.5 Å². The second-order valence-corrected chi connectivity index (χ2v) is 13.0. The number of halogens is 1. The lowest BCUT2D eigenvalue weighted by Gasteiger charge is -2.29.